The van der Waals surface area contributed by atoms with Crippen LogP contribution in [0.4, 0.5) is 29.3 Å². The van der Waals surface area contributed by atoms with Crippen LogP contribution in [0.2, 0.25) is 0 Å². The van der Waals surface area contributed by atoms with Crippen molar-refractivity contribution in [1.82, 2.24) is 9.80 Å². The minimum absolute atomic E-state index is 0.136. The number of halogens is 3. The number of nitrogens with zero attached hydrogens (tertiary/aromatic N) is 2. The molecule has 3 amide bonds. The second-order valence-corrected chi connectivity index (χ2v) is 10.6. The third kappa shape index (κ3) is 7.59. The van der Waals surface area contributed by atoms with Crippen molar-refractivity contribution in [2.45, 2.75) is 38.7 Å². The van der Waals surface area contributed by atoms with Crippen molar-refractivity contribution < 1.29 is 32.6 Å². The highest BCUT2D eigenvalue weighted by atomic mass is 19.4. The second kappa shape index (κ2) is 13.3. The molecule has 3 atom stereocenters. The van der Waals surface area contributed by atoms with Gasteiger partial charge in [0.05, 0.1) is 29.5 Å². The highest BCUT2D eigenvalue weighted by Gasteiger charge is 2.35. The average molecular weight is 585 g/mol. The Morgan fingerprint density at radius 3 is 2.40 bits per heavy atom. The molecule has 0 spiro atoms. The van der Waals surface area contributed by atoms with Crippen LogP contribution in [-0.2, 0) is 12.7 Å². The first kappa shape index (κ1) is 30.9. The van der Waals surface area contributed by atoms with E-state index >= 15 is 0 Å². The monoisotopic (exact) mass is 584 g/mol. The number of carbonyl (C=O) groups excluding carboxylic acids is 2. The molecule has 1 heterocycles. The highest BCUT2D eigenvalue weighted by Crippen LogP contribution is 2.35. The van der Waals surface area contributed by atoms with Crippen molar-refractivity contribution in [3.8, 4) is 5.75 Å². The summed E-state index contributed by atoms with van der Waals surface area (Å²) in [5, 5.41) is 15.1. The lowest BCUT2D eigenvalue weighted by Gasteiger charge is -2.38. The Morgan fingerprint density at radius 2 is 1.76 bits per heavy atom. The van der Waals surface area contributed by atoms with Gasteiger partial charge in [-0.15, -0.1) is 0 Å². The van der Waals surface area contributed by atoms with Crippen molar-refractivity contribution in [3.05, 3.63) is 89.5 Å². The van der Waals surface area contributed by atoms with Crippen molar-refractivity contribution in [1.29, 1.82) is 0 Å². The van der Waals surface area contributed by atoms with Crippen LogP contribution in [0.25, 0.3) is 0 Å². The van der Waals surface area contributed by atoms with E-state index in [1.807, 2.05) is 44.3 Å². The molecule has 42 heavy (non-hydrogen) atoms. The van der Waals surface area contributed by atoms with Gasteiger partial charge in [-0.1, -0.05) is 43.3 Å². The number of fused-ring (bicyclic) bond motifs is 1. The van der Waals surface area contributed by atoms with Crippen LogP contribution in [0, 0.1) is 5.92 Å². The molecule has 0 aromatic heterocycles. The third-order valence-electron chi connectivity index (χ3n) is 7.20. The number of ether oxygens (including phenoxy) is 1. The van der Waals surface area contributed by atoms with E-state index in [1.54, 1.807) is 30.0 Å². The fourth-order valence-electron chi connectivity index (χ4n) is 4.85. The predicted octanol–water partition coefficient (Wildman–Crippen LogP) is 5.70. The van der Waals surface area contributed by atoms with Gasteiger partial charge in [-0.25, -0.2) is 4.79 Å². The van der Waals surface area contributed by atoms with Gasteiger partial charge >= 0.3 is 12.2 Å². The molecule has 1 aliphatic rings. The number of hydrogen-bond donors (Lipinski definition) is 3. The Morgan fingerprint density at radius 1 is 1.07 bits per heavy atom. The fraction of sp³-hybridized carbons (Fsp3) is 0.355. The number of para-hydroxylation sites is 1. The first-order valence-electron chi connectivity index (χ1n) is 13.7. The number of urea groups is 1. The summed E-state index contributed by atoms with van der Waals surface area (Å²) in [5.74, 6) is -0.297. The lowest BCUT2D eigenvalue weighted by Crippen LogP contribution is -2.49. The average Bonchev–Trinajstić information content (AvgIpc) is 2.95. The first-order chi connectivity index (χ1) is 20.0. The molecule has 3 aromatic rings. The molecule has 0 aliphatic carbocycles. The molecule has 224 valence electrons. The molecule has 3 aromatic carbocycles. The van der Waals surface area contributed by atoms with Crippen molar-refractivity contribution in [2.75, 3.05) is 37.4 Å². The third-order valence-corrected chi connectivity index (χ3v) is 7.20. The summed E-state index contributed by atoms with van der Waals surface area (Å²) in [7, 11) is 1.98. The Hall–Kier alpha value is -4.09. The Kier molecular flexibility index (Phi) is 9.74. The standard InChI is InChI=1S/C31H35F3N4O4/c1-20-16-38(21(2)19-39)29(40)25-10-7-11-26(36-30(41)35-24-14-12-23(13-15-24)31(32,33)34)28(25)42-27(20)18-37(3)17-22-8-5-4-6-9-22/h4-15,20-21,27,39H,16-19H2,1-3H3,(H2,35,36,41)/t20-,21-,27-/m0/s1. The van der Waals surface area contributed by atoms with Crippen LogP contribution in [-0.4, -0.2) is 65.7 Å². The SMILES string of the molecule is C[C@H]1CN([C@@H](C)CO)C(=O)c2cccc(NC(=O)Nc3ccc(C(F)(F)F)cc3)c2O[C@H]1CN(C)Cc1ccccc1. The molecule has 3 N–H and O–H groups in total. The van der Waals surface area contributed by atoms with E-state index in [0.717, 1.165) is 29.8 Å². The van der Waals surface area contributed by atoms with Gasteiger partial charge in [-0.2, -0.15) is 13.2 Å². The van der Waals surface area contributed by atoms with Crippen LogP contribution >= 0.6 is 0 Å². The van der Waals surface area contributed by atoms with Gasteiger partial charge in [0.15, 0.2) is 5.75 Å². The number of anilines is 2. The summed E-state index contributed by atoms with van der Waals surface area (Å²) >= 11 is 0. The van der Waals surface area contributed by atoms with Gasteiger partial charge in [0.25, 0.3) is 5.91 Å². The number of carbonyl (C=O) groups is 2. The lowest BCUT2D eigenvalue weighted by molar-refractivity contribution is -0.137. The number of alkyl halides is 3. The molecule has 0 radical (unpaired) electrons. The maximum absolute atomic E-state index is 13.7. The van der Waals surface area contributed by atoms with Crippen molar-refractivity contribution in [3.63, 3.8) is 0 Å². The summed E-state index contributed by atoms with van der Waals surface area (Å²) < 4.78 is 45.2. The summed E-state index contributed by atoms with van der Waals surface area (Å²) in [5.41, 5.74) is 0.918. The molecule has 0 fully saturated rings. The van der Waals surface area contributed by atoms with Crippen LogP contribution in [0.5, 0.6) is 5.75 Å². The van der Waals surface area contributed by atoms with Gasteiger partial charge in [-0.05, 0) is 55.9 Å². The number of amides is 3. The first-order valence-corrected chi connectivity index (χ1v) is 13.7. The zero-order valence-corrected chi connectivity index (χ0v) is 23.7. The maximum Gasteiger partial charge on any atom is 0.416 e. The topological polar surface area (TPSA) is 94.1 Å². The molecule has 4 rings (SSSR count). The zero-order chi connectivity index (χ0) is 30.4. The zero-order valence-electron chi connectivity index (χ0n) is 23.7. The molecule has 11 heteroatoms. The van der Waals surface area contributed by atoms with E-state index in [4.69, 9.17) is 4.74 Å². The lowest BCUT2D eigenvalue weighted by atomic mass is 9.99. The summed E-state index contributed by atoms with van der Waals surface area (Å²) in [6, 6.07) is 17.7. The smallest absolute Gasteiger partial charge is 0.416 e. The second-order valence-electron chi connectivity index (χ2n) is 10.6. The number of aliphatic hydroxyl groups excluding tert-OH is 1. The van der Waals surface area contributed by atoms with E-state index < -0.39 is 23.8 Å². The summed E-state index contributed by atoms with van der Waals surface area (Å²) in [6.45, 7) is 5.06. The summed E-state index contributed by atoms with van der Waals surface area (Å²) in [4.78, 5) is 30.3. The molecular formula is C31H35F3N4O4. The number of likely N-dealkylation sites (N-methyl/N-ethyl adjacent to an activating group) is 1. The fourth-order valence-corrected chi connectivity index (χ4v) is 4.85. The molecule has 1 aliphatic heterocycles. The minimum atomic E-state index is -4.49. The Bertz CT molecular complexity index is 1370. The summed E-state index contributed by atoms with van der Waals surface area (Å²) in [6.07, 6.45) is -4.88. The Balaban J connectivity index is 1.60. The number of hydrogen-bond acceptors (Lipinski definition) is 5. The molecule has 0 unspecified atom stereocenters. The Labute approximate surface area is 243 Å². The van der Waals surface area contributed by atoms with Crippen molar-refractivity contribution >= 4 is 23.3 Å². The van der Waals surface area contributed by atoms with E-state index in [-0.39, 0.29) is 47.2 Å². The highest BCUT2D eigenvalue weighted by molar-refractivity contribution is 6.04. The predicted molar refractivity (Wildman–Crippen MR) is 154 cm³/mol. The van der Waals surface area contributed by atoms with E-state index in [1.165, 1.54) is 0 Å². The molecule has 0 saturated heterocycles. The number of benzene rings is 3. The number of nitrogens with one attached hydrogen (secondary N) is 2. The minimum Gasteiger partial charge on any atom is -0.486 e. The van der Waals surface area contributed by atoms with Gasteiger partial charge < -0.3 is 25.4 Å². The van der Waals surface area contributed by atoms with E-state index in [0.29, 0.717) is 19.6 Å². The number of aliphatic hydroxyl groups is 1. The molecular weight excluding hydrogens is 549 g/mol. The van der Waals surface area contributed by atoms with Crippen LogP contribution < -0.4 is 15.4 Å². The molecule has 8 nitrogen and oxygen atoms in total. The van der Waals surface area contributed by atoms with Gasteiger partial charge in [0.2, 0.25) is 0 Å². The van der Waals surface area contributed by atoms with E-state index in [9.17, 15) is 27.9 Å². The normalized spacial score (nSPS) is 18.0. The quantitative estimate of drug-likeness (QED) is 0.316. The van der Waals surface area contributed by atoms with Gasteiger partial charge in [0, 0.05) is 31.2 Å². The largest absolute Gasteiger partial charge is 0.486 e. The maximum atomic E-state index is 13.7. The number of rotatable bonds is 8. The molecule has 0 saturated carbocycles. The van der Waals surface area contributed by atoms with Crippen LogP contribution in [0.1, 0.15) is 35.3 Å². The van der Waals surface area contributed by atoms with Gasteiger partial charge in [0.1, 0.15) is 6.10 Å². The van der Waals surface area contributed by atoms with Crippen LogP contribution in [0.15, 0.2) is 72.8 Å². The van der Waals surface area contributed by atoms with Crippen LogP contribution in [0.3, 0.4) is 0 Å². The van der Waals surface area contributed by atoms with Gasteiger partial charge in [-0.3, -0.25) is 9.69 Å². The van der Waals surface area contributed by atoms with Crippen molar-refractivity contribution in [2.24, 2.45) is 5.92 Å². The molecule has 0 bridgehead atoms. The van der Waals surface area contributed by atoms with E-state index in [2.05, 4.69) is 15.5 Å².